The number of carbonyl (C=O) groups is 1. The van der Waals surface area contributed by atoms with Crippen molar-refractivity contribution in [2.75, 3.05) is 5.32 Å². The fourth-order valence-electron chi connectivity index (χ4n) is 2.01. The van der Waals surface area contributed by atoms with Gasteiger partial charge in [-0.15, -0.1) is 0 Å². The molecule has 2 rings (SSSR count). The van der Waals surface area contributed by atoms with E-state index >= 15 is 0 Å². The van der Waals surface area contributed by atoms with Crippen LogP contribution in [-0.4, -0.2) is 16.9 Å². The van der Waals surface area contributed by atoms with Crippen molar-refractivity contribution in [3.05, 3.63) is 53.3 Å². The molecule has 0 fully saturated rings. The normalized spacial score (nSPS) is 11.8. The van der Waals surface area contributed by atoms with Crippen LogP contribution in [0.1, 0.15) is 25.5 Å². The summed E-state index contributed by atoms with van der Waals surface area (Å²) >= 11 is 6.19. The molecule has 0 radical (unpaired) electrons. The smallest absolute Gasteiger partial charge is 0.241 e. The number of aromatic nitrogens is 1. The Labute approximate surface area is 140 Å². The van der Waals surface area contributed by atoms with Crippen LogP contribution in [0.25, 0.3) is 0 Å². The fraction of sp³-hybridized carbons (Fsp3) is 0.294. The molecular weight excluding hydrogens is 314 g/mol. The maximum atomic E-state index is 11.9. The number of carbonyl (C=O) groups excluding carboxylic acids is 1. The van der Waals surface area contributed by atoms with E-state index in [-0.39, 0.29) is 5.91 Å². The third kappa shape index (κ3) is 5.23. The van der Waals surface area contributed by atoms with Crippen LogP contribution in [0, 0.1) is 0 Å². The molecule has 0 saturated heterocycles. The van der Waals surface area contributed by atoms with Gasteiger partial charge in [-0.3, -0.25) is 9.78 Å². The van der Waals surface area contributed by atoms with Gasteiger partial charge >= 0.3 is 0 Å². The Bertz CT molecular complexity index is 650. The number of hydrogen-bond acceptors (Lipinski definition) is 4. The maximum absolute atomic E-state index is 11.9. The Morgan fingerprint density at radius 2 is 2.22 bits per heavy atom. The molecule has 1 aromatic carbocycles. The fourth-order valence-corrected chi connectivity index (χ4v) is 2.24. The number of benzene rings is 1. The first-order valence-corrected chi connectivity index (χ1v) is 7.86. The third-order valence-corrected chi connectivity index (χ3v) is 3.53. The molecule has 0 aliphatic carbocycles. The summed E-state index contributed by atoms with van der Waals surface area (Å²) < 4.78 is 5.64. The first-order valence-electron chi connectivity index (χ1n) is 7.49. The zero-order valence-electron chi connectivity index (χ0n) is 13.0. The van der Waals surface area contributed by atoms with E-state index < -0.39 is 6.04 Å². The highest BCUT2D eigenvalue weighted by Crippen LogP contribution is 2.28. The van der Waals surface area contributed by atoms with E-state index in [2.05, 4.69) is 10.3 Å². The van der Waals surface area contributed by atoms with E-state index in [9.17, 15) is 4.79 Å². The molecule has 122 valence electrons. The van der Waals surface area contributed by atoms with Crippen LogP contribution in [-0.2, 0) is 11.4 Å². The zero-order valence-corrected chi connectivity index (χ0v) is 13.7. The Kier molecular flexibility index (Phi) is 6.38. The molecule has 23 heavy (non-hydrogen) atoms. The van der Waals surface area contributed by atoms with Gasteiger partial charge in [0.2, 0.25) is 5.91 Å². The first-order chi connectivity index (χ1) is 11.1. The van der Waals surface area contributed by atoms with Crippen molar-refractivity contribution in [1.82, 2.24) is 4.98 Å². The molecule has 1 unspecified atom stereocenters. The van der Waals surface area contributed by atoms with Gasteiger partial charge in [0.15, 0.2) is 0 Å². The molecule has 0 bridgehead atoms. The molecule has 3 N–H and O–H groups in total. The molecule has 0 saturated carbocycles. The molecule has 0 spiro atoms. The predicted octanol–water partition coefficient (Wildman–Crippen LogP) is 3.38. The van der Waals surface area contributed by atoms with Crippen molar-refractivity contribution >= 4 is 23.2 Å². The topological polar surface area (TPSA) is 77.2 Å². The number of nitrogens with zero attached hydrogens (tertiary/aromatic N) is 1. The predicted molar refractivity (Wildman–Crippen MR) is 91.5 cm³/mol. The van der Waals surface area contributed by atoms with Gasteiger partial charge in [0.1, 0.15) is 12.4 Å². The Morgan fingerprint density at radius 1 is 1.39 bits per heavy atom. The molecular formula is C17H20ClN3O2. The number of anilines is 1. The van der Waals surface area contributed by atoms with Gasteiger partial charge in [-0.2, -0.15) is 0 Å². The van der Waals surface area contributed by atoms with Crippen molar-refractivity contribution in [3.63, 3.8) is 0 Å². The number of pyridine rings is 1. The average molecular weight is 334 g/mol. The summed E-state index contributed by atoms with van der Waals surface area (Å²) in [5.74, 6) is 0.318. The molecule has 1 atom stereocenters. The monoisotopic (exact) mass is 333 g/mol. The molecule has 1 aromatic heterocycles. The van der Waals surface area contributed by atoms with E-state index in [4.69, 9.17) is 22.1 Å². The van der Waals surface area contributed by atoms with Gasteiger partial charge < -0.3 is 15.8 Å². The summed E-state index contributed by atoms with van der Waals surface area (Å²) in [5, 5.41) is 3.17. The number of ether oxygens (including phenoxy) is 1. The first kappa shape index (κ1) is 17.2. The van der Waals surface area contributed by atoms with Gasteiger partial charge in [-0.05, 0) is 36.8 Å². The maximum Gasteiger partial charge on any atom is 0.241 e. The standard InChI is InChI=1S/C17H20ClN3O2/c1-2-5-15(19)17(22)21-12-7-8-16(14(18)10-12)23-11-13-6-3-4-9-20-13/h3-4,6-10,15H,2,5,11,19H2,1H3,(H,21,22). The van der Waals surface area contributed by atoms with E-state index in [1.165, 1.54) is 0 Å². The van der Waals surface area contributed by atoms with E-state index in [0.29, 0.717) is 29.5 Å². The lowest BCUT2D eigenvalue weighted by atomic mass is 10.1. The number of hydrogen-bond donors (Lipinski definition) is 2. The van der Waals surface area contributed by atoms with Crippen molar-refractivity contribution in [2.45, 2.75) is 32.4 Å². The second kappa shape index (κ2) is 8.50. The number of amides is 1. The van der Waals surface area contributed by atoms with E-state index in [0.717, 1.165) is 12.1 Å². The second-order valence-electron chi connectivity index (χ2n) is 5.14. The lowest BCUT2D eigenvalue weighted by Crippen LogP contribution is -2.35. The Hall–Kier alpha value is -2.11. The molecule has 0 aliphatic heterocycles. The molecule has 0 aliphatic rings. The number of nitrogens with two attached hydrogens (primary N) is 1. The van der Waals surface area contributed by atoms with Crippen LogP contribution in [0.3, 0.4) is 0 Å². The number of halogens is 1. The number of rotatable bonds is 7. The Balaban J connectivity index is 1.96. The van der Waals surface area contributed by atoms with Crippen LogP contribution < -0.4 is 15.8 Å². The van der Waals surface area contributed by atoms with Crippen LogP contribution in [0.4, 0.5) is 5.69 Å². The molecule has 1 heterocycles. The van der Waals surface area contributed by atoms with Gasteiger partial charge in [-0.25, -0.2) is 0 Å². The highest BCUT2D eigenvalue weighted by Gasteiger charge is 2.13. The summed E-state index contributed by atoms with van der Waals surface area (Å²) in [4.78, 5) is 16.1. The summed E-state index contributed by atoms with van der Waals surface area (Å²) in [7, 11) is 0. The average Bonchev–Trinajstić information content (AvgIpc) is 2.55. The lowest BCUT2D eigenvalue weighted by molar-refractivity contribution is -0.117. The van der Waals surface area contributed by atoms with Gasteiger partial charge in [0, 0.05) is 11.9 Å². The zero-order chi connectivity index (χ0) is 16.7. The summed E-state index contributed by atoms with van der Waals surface area (Å²) in [6, 6.07) is 10.2. The van der Waals surface area contributed by atoms with Crippen molar-refractivity contribution < 1.29 is 9.53 Å². The molecule has 6 heteroatoms. The van der Waals surface area contributed by atoms with Crippen molar-refractivity contribution in [2.24, 2.45) is 5.73 Å². The second-order valence-corrected chi connectivity index (χ2v) is 5.55. The minimum absolute atomic E-state index is 0.218. The van der Waals surface area contributed by atoms with Gasteiger partial charge in [0.05, 0.1) is 16.8 Å². The summed E-state index contributed by atoms with van der Waals surface area (Å²) in [5.41, 5.74) is 7.18. The number of nitrogens with one attached hydrogen (secondary N) is 1. The highest BCUT2D eigenvalue weighted by atomic mass is 35.5. The summed E-state index contributed by atoms with van der Waals surface area (Å²) in [6.45, 7) is 2.31. The van der Waals surface area contributed by atoms with Crippen LogP contribution in [0.2, 0.25) is 5.02 Å². The van der Waals surface area contributed by atoms with E-state index in [1.807, 2.05) is 25.1 Å². The third-order valence-electron chi connectivity index (χ3n) is 3.24. The SMILES string of the molecule is CCCC(N)C(=O)Nc1ccc(OCc2ccccn2)c(Cl)c1. The molecule has 2 aromatic rings. The highest BCUT2D eigenvalue weighted by molar-refractivity contribution is 6.32. The minimum atomic E-state index is -0.515. The van der Waals surface area contributed by atoms with E-state index in [1.54, 1.807) is 24.4 Å². The van der Waals surface area contributed by atoms with Crippen LogP contribution in [0.5, 0.6) is 5.75 Å². The minimum Gasteiger partial charge on any atom is -0.486 e. The quantitative estimate of drug-likeness (QED) is 0.814. The summed E-state index contributed by atoms with van der Waals surface area (Å²) in [6.07, 6.45) is 3.21. The van der Waals surface area contributed by atoms with Crippen LogP contribution >= 0.6 is 11.6 Å². The molecule has 1 amide bonds. The van der Waals surface area contributed by atoms with Gasteiger partial charge in [0.25, 0.3) is 0 Å². The van der Waals surface area contributed by atoms with Crippen molar-refractivity contribution in [3.8, 4) is 5.75 Å². The largest absolute Gasteiger partial charge is 0.486 e. The Morgan fingerprint density at radius 3 is 2.87 bits per heavy atom. The lowest BCUT2D eigenvalue weighted by Gasteiger charge is -2.13. The van der Waals surface area contributed by atoms with Crippen molar-refractivity contribution in [1.29, 1.82) is 0 Å². The molecule has 5 nitrogen and oxygen atoms in total. The van der Waals surface area contributed by atoms with Gasteiger partial charge in [-0.1, -0.05) is 31.0 Å². The van der Waals surface area contributed by atoms with Crippen LogP contribution in [0.15, 0.2) is 42.6 Å².